The fraction of sp³-hybridized carbons (Fsp3) is 0.381. The van der Waals surface area contributed by atoms with Gasteiger partial charge in [0, 0.05) is 12.3 Å². The van der Waals surface area contributed by atoms with E-state index in [0.29, 0.717) is 6.61 Å². The molecule has 1 aliphatic rings. The van der Waals surface area contributed by atoms with Crippen LogP contribution in [0.15, 0.2) is 54.8 Å². The van der Waals surface area contributed by atoms with Crippen LogP contribution >= 0.6 is 0 Å². The third-order valence-corrected chi connectivity index (χ3v) is 5.48. The molecule has 128 valence electrons. The van der Waals surface area contributed by atoms with E-state index in [0.717, 1.165) is 12.8 Å². The number of allylic oxidation sites excluding steroid dienone is 4. The van der Waals surface area contributed by atoms with Gasteiger partial charge in [-0.25, -0.2) is 0 Å². The molecule has 0 spiro atoms. The van der Waals surface area contributed by atoms with Crippen LogP contribution in [0.1, 0.15) is 30.9 Å². The molecule has 0 aliphatic heterocycles. The van der Waals surface area contributed by atoms with Gasteiger partial charge in [0.25, 0.3) is 0 Å². The Morgan fingerprint density at radius 2 is 2.00 bits per heavy atom. The van der Waals surface area contributed by atoms with Gasteiger partial charge in [0.15, 0.2) is 0 Å². The van der Waals surface area contributed by atoms with Crippen LogP contribution in [-0.4, -0.2) is 20.7 Å². The second-order valence-corrected chi connectivity index (χ2v) is 12.6. The van der Waals surface area contributed by atoms with Crippen molar-refractivity contribution in [1.82, 2.24) is 0 Å². The number of esters is 1. The zero-order valence-electron chi connectivity index (χ0n) is 15.3. The van der Waals surface area contributed by atoms with Crippen LogP contribution < -0.4 is 0 Å². The lowest BCUT2D eigenvalue weighted by molar-refractivity contribution is -0.141. The smallest absolute Gasteiger partial charge is 0.302 e. The second-order valence-electron chi connectivity index (χ2n) is 7.58. The summed E-state index contributed by atoms with van der Waals surface area (Å²) >= 11 is 0. The van der Waals surface area contributed by atoms with E-state index in [4.69, 9.17) is 4.74 Å². The van der Waals surface area contributed by atoms with Crippen molar-refractivity contribution in [2.45, 2.75) is 44.8 Å². The maximum absolute atomic E-state index is 11.1. The summed E-state index contributed by atoms with van der Waals surface area (Å²) in [4.78, 5) is 11.1. The SMILES string of the molecule is C=CCC1(CCOC(C)=O)C=C/C(=C\[Si](C)(C)C)c2ccccc21. The highest BCUT2D eigenvalue weighted by atomic mass is 28.3. The van der Waals surface area contributed by atoms with Crippen molar-refractivity contribution in [2.75, 3.05) is 6.61 Å². The third kappa shape index (κ3) is 4.35. The molecule has 3 heteroatoms. The largest absolute Gasteiger partial charge is 0.466 e. The Hall–Kier alpha value is -1.87. The third-order valence-electron chi connectivity index (χ3n) is 4.31. The van der Waals surface area contributed by atoms with E-state index >= 15 is 0 Å². The van der Waals surface area contributed by atoms with E-state index in [-0.39, 0.29) is 11.4 Å². The highest BCUT2D eigenvalue weighted by Gasteiger charge is 2.34. The van der Waals surface area contributed by atoms with E-state index < -0.39 is 8.07 Å². The number of ether oxygens (including phenoxy) is 1. The van der Waals surface area contributed by atoms with E-state index in [9.17, 15) is 4.79 Å². The van der Waals surface area contributed by atoms with Gasteiger partial charge < -0.3 is 4.74 Å². The zero-order chi connectivity index (χ0) is 17.8. The van der Waals surface area contributed by atoms with Crippen LogP contribution in [0.2, 0.25) is 19.6 Å². The maximum atomic E-state index is 11.1. The minimum atomic E-state index is -1.32. The highest BCUT2D eigenvalue weighted by Crippen LogP contribution is 2.43. The van der Waals surface area contributed by atoms with Crippen molar-refractivity contribution in [3.63, 3.8) is 0 Å². The van der Waals surface area contributed by atoms with Crippen molar-refractivity contribution >= 4 is 19.6 Å². The average Bonchev–Trinajstić information content (AvgIpc) is 2.49. The van der Waals surface area contributed by atoms with Crippen molar-refractivity contribution in [3.05, 3.63) is 65.9 Å². The molecule has 0 amide bonds. The molecule has 1 aromatic carbocycles. The molecule has 0 bridgehead atoms. The Morgan fingerprint density at radius 3 is 2.62 bits per heavy atom. The Balaban J connectivity index is 2.47. The summed E-state index contributed by atoms with van der Waals surface area (Å²) in [5.74, 6) is -0.226. The van der Waals surface area contributed by atoms with Gasteiger partial charge in [-0.1, -0.05) is 67.8 Å². The van der Waals surface area contributed by atoms with Crippen molar-refractivity contribution in [1.29, 1.82) is 0 Å². The molecule has 1 unspecified atom stereocenters. The summed E-state index contributed by atoms with van der Waals surface area (Å²) in [7, 11) is -1.32. The number of benzene rings is 1. The van der Waals surface area contributed by atoms with Gasteiger partial charge in [0.05, 0.1) is 14.7 Å². The fourth-order valence-corrected chi connectivity index (χ4v) is 4.51. The molecule has 1 atom stereocenters. The molecule has 0 fully saturated rings. The van der Waals surface area contributed by atoms with Crippen molar-refractivity contribution < 1.29 is 9.53 Å². The molecule has 24 heavy (non-hydrogen) atoms. The number of fused-ring (bicyclic) bond motifs is 1. The molecule has 0 radical (unpaired) electrons. The van der Waals surface area contributed by atoms with Crippen LogP contribution in [0.4, 0.5) is 0 Å². The molecular formula is C21H28O2Si. The number of carbonyl (C=O) groups is 1. The molecule has 0 saturated carbocycles. The van der Waals surface area contributed by atoms with E-state index in [1.165, 1.54) is 23.6 Å². The molecule has 1 aromatic rings. The quantitative estimate of drug-likeness (QED) is 0.400. The van der Waals surface area contributed by atoms with E-state index in [1.807, 2.05) is 6.08 Å². The van der Waals surface area contributed by atoms with Crippen LogP contribution in [0, 0.1) is 0 Å². The van der Waals surface area contributed by atoms with Gasteiger partial charge in [-0.3, -0.25) is 4.79 Å². The lowest BCUT2D eigenvalue weighted by atomic mass is 9.69. The Labute approximate surface area is 146 Å². The van der Waals surface area contributed by atoms with Crippen LogP contribution in [0.25, 0.3) is 5.57 Å². The van der Waals surface area contributed by atoms with Crippen molar-refractivity contribution in [3.8, 4) is 0 Å². The number of hydrogen-bond donors (Lipinski definition) is 0. The maximum Gasteiger partial charge on any atom is 0.302 e. The Kier molecular flexibility index (Phi) is 5.65. The van der Waals surface area contributed by atoms with Gasteiger partial charge >= 0.3 is 5.97 Å². The molecule has 2 rings (SSSR count). The molecular weight excluding hydrogens is 312 g/mol. The van der Waals surface area contributed by atoms with Crippen molar-refractivity contribution in [2.24, 2.45) is 0 Å². The molecule has 0 saturated heterocycles. The monoisotopic (exact) mass is 340 g/mol. The number of hydrogen-bond acceptors (Lipinski definition) is 2. The summed E-state index contributed by atoms with van der Waals surface area (Å²) in [6, 6.07) is 8.59. The Morgan fingerprint density at radius 1 is 1.29 bits per heavy atom. The van der Waals surface area contributed by atoms with E-state index in [1.54, 1.807) is 0 Å². The first-order valence-electron chi connectivity index (χ1n) is 8.54. The minimum Gasteiger partial charge on any atom is -0.466 e. The molecule has 2 nitrogen and oxygen atoms in total. The fourth-order valence-electron chi connectivity index (χ4n) is 3.32. The molecule has 0 aromatic heterocycles. The second kappa shape index (κ2) is 7.35. The summed E-state index contributed by atoms with van der Waals surface area (Å²) < 4.78 is 5.22. The first-order valence-corrected chi connectivity index (χ1v) is 12.1. The summed E-state index contributed by atoms with van der Waals surface area (Å²) in [6.07, 6.45) is 8.10. The van der Waals surface area contributed by atoms with Crippen LogP contribution in [-0.2, 0) is 14.9 Å². The minimum absolute atomic E-state index is 0.148. The molecule has 0 heterocycles. The summed E-state index contributed by atoms with van der Waals surface area (Å²) in [6.45, 7) is 12.9. The number of carbonyl (C=O) groups excluding carboxylic acids is 1. The lowest BCUT2D eigenvalue weighted by Crippen LogP contribution is -2.29. The standard InChI is InChI=1S/C21H28O2Si/c1-6-12-21(14-15-23-17(2)22)13-11-18(16-24(3,4)5)19-9-7-8-10-20(19)21/h6-11,13,16H,1,12,14-15H2,2-5H3/b18-16+. The highest BCUT2D eigenvalue weighted by molar-refractivity contribution is 6.81. The molecule has 0 N–H and O–H groups in total. The van der Waals surface area contributed by atoms with Crippen LogP contribution in [0.3, 0.4) is 0 Å². The van der Waals surface area contributed by atoms with Gasteiger partial charge in [0.1, 0.15) is 0 Å². The first-order chi connectivity index (χ1) is 11.3. The first kappa shape index (κ1) is 18.5. The average molecular weight is 341 g/mol. The lowest BCUT2D eigenvalue weighted by Gasteiger charge is -2.36. The van der Waals surface area contributed by atoms with Gasteiger partial charge in [-0.2, -0.15) is 0 Å². The van der Waals surface area contributed by atoms with E-state index in [2.05, 4.69) is 68.3 Å². The van der Waals surface area contributed by atoms with Gasteiger partial charge in [0.2, 0.25) is 0 Å². The van der Waals surface area contributed by atoms with Gasteiger partial charge in [-0.05, 0) is 29.5 Å². The number of rotatable bonds is 6. The predicted octanol–water partition coefficient (Wildman–Crippen LogP) is 5.28. The Bertz CT molecular complexity index is 679. The summed E-state index contributed by atoms with van der Waals surface area (Å²) in [5, 5.41) is 0. The topological polar surface area (TPSA) is 26.3 Å². The van der Waals surface area contributed by atoms with Crippen LogP contribution in [0.5, 0.6) is 0 Å². The zero-order valence-corrected chi connectivity index (χ0v) is 16.3. The van der Waals surface area contributed by atoms with Gasteiger partial charge in [-0.15, -0.1) is 6.58 Å². The molecule has 1 aliphatic carbocycles. The summed E-state index contributed by atoms with van der Waals surface area (Å²) in [5.41, 5.74) is 6.23. The predicted molar refractivity (Wildman–Crippen MR) is 105 cm³/mol. The normalized spacial score (nSPS) is 21.4.